The molecular weight excluding hydrogens is 178 g/mol. The fourth-order valence-corrected chi connectivity index (χ4v) is 1.31. The minimum absolute atomic E-state index is 0.276. The third-order valence-electron chi connectivity index (χ3n) is 2.12. The number of hydrogen-bond donors (Lipinski definition) is 2. The van der Waals surface area contributed by atoms with Gasteiger partial charge in [-0.1, -0.05) is 0 Å². The van der Waals surface area contributed by atoms with Gasteiger partial charge in [0.1, 0.15) is 0 Å². The summed E-state index contributed by atoms with van der Waals surface area (Å²) in [6, 6.07) is 3.27. The smallest absolute Gasteiger partial charge is 0.0953 e. The Morgan fingerprint density at radius 2 is 2.21 bits per heavy atom. The Morgan fingerprint density at radius 3 is 2.86 bits per heavy atom. The molecule has 0 amide bonds. The van der Waals surface area contributed by atoms with Crippen LogP contribution in [-0.2, 0) is 0 Å². The summed E-state index contributed by atoms with van der Waals surface area (Å²) in [6.45, 7) is 0. The summed E-state index contributed by atoms with van der Waals surface area (Å²) < 4.78 is 4.96. The molecule has 0 aliphatic rings. The predicted molar refractivity (Wildman–Crippen MR) is 53.4 cm³/mol. The number of nitrogens with two attached hydrogens (primary N) is 2. The van der Waals surface area contributed by atoms with Crippen molar-refractivity contribution in [3.63, 3.8) is 0 Å². The van der Waals surface area contributed by atoms with E-state index in [0.29, 0.717) is 5.69 Å². The summed E-state index contributed by atoms with van der Waals surface area (Å²) in [5.74, 6) is 0. The first kappa shape index (κ1) is 8.77. The summed E-state index contributed by atoms with van der Waals surface area (Å²) in [7, 11) is 0. The van der Waals surface area contributed by atoms with Crippen molar-refractivity contribution in [1.82, 2.24) is 4.98 Å². The van der Waals surface area contributed by atoms with Crippen LogP contribution in [0.4, 0.5) is 5.69 Å². The zero-order valence-corrected chi connectivity index (χ0v) is 7.55. The molecule has 0 aliphatic heterocycles. The van der Waals surface area contributed by atoms with Gasteiger partial charge in [0, 0.05) is 29.2 Å². The number of nitrogen functional groups attached to an aromatic ring is 1. The van der Waals surface area contributed by atoms with E-state index >= 15 is 0 Å². The van der Waals surface area contributed by atoms with E-state index < -0.39 is 0 Å². The van der Waals surface area contributed by atoms with Crippen LogP contribution in [0.25, 0.3) is 0 Å². The van der Waals surface area contributed by atoms with E-state index in [1.807, 2.05) is 6.07 Å². The lowest BCUT2D eigenvalue weighted by molar-refractivity contribution is 0.562. The van der Waals surface area contributed by atoms with Gasteiger partial charge in [-0.3, -0.25) is 4.98 Å². The molecule has 14 heavy (non-hydrogen) atoms. The third-order valence-corrected chi connectivity index (χ3v) is 2.12. The van der Waals surface area contributed by atoms with Crippen LogP contribution in [0.2, 0.25) is 0 Å². The van der Waals surface area contributed by atoms with Crippen LogP contribution in [0.5, 0.6) is 0 Å². The van der Waals surface area contributed by atoms with E-state index in [2.05, 4.69) is 4.98 Å². The van der Waals surface area contributed by atoms with Gasteiger partial charge in [-0.2, -0.15) is 0 Å². The van der Waals surface area contributed by atoms with E-state index in [1.54, 1.807) is 31.0 Å². The van der Waals surface area contributed by atoms with E-state index in [-0.39, 0.29) is 6.04 Å². The van der Waals surface area contributed by atoms with Crippen molar-refractivity contribution in [2.24, 2.45) is 5.73 Å². The molecule has 0 bridgehead atoms. The number of aromatic nitrogens is 1. The zero-order chi connectivity index (χ0) is 9.97. The zero-order valence-electron chi connectivity index (χ0n) is 7.55. The van der Waals surface area contributed by atoms with Crippen molar-refractivity contribution in [2.75, 3.05) is 5.73 Å². The average molecular weight is 189 g/mol. The first-order chi connectivity index (χ1) is 6.79. The maximum Gasteiger partial charge on any atom is 0.0953 e. The highest BCUT2D eigenvalue weighted by atomic mass is 16.3. The Hall–Kier alpha value is -1.81. The van der Waals surface area contributed by atoms with Crippen molar-refractivity contribution >= 4 is 5.69 Å². The lowest BCUT2D eigenvalue weighted by Crippen LogP contribution is -2.13. The Morgan fingerprint density at radius 1 is 1.36 bits per heavy atom. The molecule has 0 spiro atoms. The van der Waals surface area contributed by atoms with E-state index in [0.717, 1.165) is 11.1 Å². The molecule has 4 N–H and O–H groups in total. The van der Waals surface area contributed by atoms with Gasteiger partial charge in [-0.05, 0) is 12.1 Å². The van der Waals surface area contributed by atoms with Crippen molar-refractivity contribution < 1.29 is 4.42 Å². The van der Waals surface area contributed by atoms with Gasteiger partial charge in [-0.25, -0.2) is 0 Å². The first-order valence-corrected chi connectivity index (χ1v) is 4.26. The monoisotopic (exact) mass is 189 g/mol. The van der Waals surface area contributed by atoms with Crippen LogP contribution in [0.3, 0.4) is 0 Å². The normalized spacial score (nSPS) is 12.6. The Bertz CT molecular complexity index is 411. The van der Waals surface area contributed by atoms with Crippen LogP contribution in [0, 0.1) is 0 Å². The molecule has 2 aromatic rings. The van der Waals surface area contributed by atoms with E-state index in [9.17, 15) is 0 Å². The SMILES string of the molecule is Nc1ccncc1C(N)c1ccoc1. The van der Waals surface area contributed by atoms with E-state index in [1.165, 1.54) is 0 Å². The largest absolute Gasteiger partial charge is 0.472 e. The van der Waals surface area contributed by atoms with Gasteiger partial charge >= 0.3 is 0 Å². The molecule has 0 saturated heterocycles. The molecule has 0 aliphatic carbocycles. The van der Waals surface area contributed by atoms with E-state index in [4.69, 9.17) is 15.9 Å². The first-order valence-electron chi connectivity index (χ1n) is 4.26. The summed E-state index contributed by atoms with van der Waals surface area (Å²) >= 11 is 0. The summed E-state index contributed by atoms with van der Waals surface area (Å²) in [5.41, 5.74) is 14.1. The number of nitrogens with zero attached hydrogens (tertiary/aromatic N) is 1. The van der Waals surface area contributed by atoms with Crippen LogP contribution in [0.15, 0.2) is 41.5 Å². The summed E-state index contributed by atoms with van der Waals surface area (Å²) in [4.78, 5) is 3.99. The minimum atomic E-state index is -0.276. The van der Waals surface area contributed by atoms with Gasteiger partial charge in [0.2, 0.25) is 0 Å². The van der Waals surface area contributed by atoms with Gasteiger partial charge in [-0.15, -0.1) is 0 Å². The fraction of sp³-hybridized carbons (Fsp3) is 0.100. The molecule has 4 nitrogen and oxygen atoms in total. The summed E-state index contributed by atoms with van der Waals surface area (Å²) in [6.07, 6.45) is 6.51. The molecule has 0 radical (unpaired) electrons. The Kier molecular flexibility index (Phi) is 2.20. The highest BCUT2D eigenvalue weighted by Crippen LogP contribution is 2.23. The van der Waals surface area contributed by atoms with Crippen molar-refractivity contribution in [3.8, 4) is 0 Å². The Labute approximate surface area is 81.5 Å². The van der Waals surface area contributed by atoms with Crippen molar-refractivity contribution in [3.05, 3.63) is 48.2 Å². The molecule has 0 aromatic carbocycles. The van der Waals surface area contributed by atoms with Gasteiger partial charge in [0.25, 0.3) is 0 Å². The molecule has 4 heteroatoms. The molecule has 2 heterocycles. The number of anilines is 1. The second-order valence-corrected chi connectivity index (χ2v) is 3.04. The molecule has 2 aromatic heterocycles. The standard InChI is InChI=1S/C10H11N3O/c11-9-1-3-13-5-8(9)10(12)7-2-4-14-6-7/h1-6,10H,12H2,(H2,11,13). The van der Waals surface area contributed by atoms with Gasteiger partial charge in [0.05, 0.1) is 18.6 Å². The molecule has 0 fully saturated rings. The molecule has 1 unspecified atom stereocenters. The van der Waals surface area contributed by atoms with Crippen LogP contribution in [-0.4, -0.2) is 4.98 Å². The maximum atomic E-state index is 5.98. The third kappa shape index (κ3) is 1.47. The quantitative estimate of drug-likeness (QED) is 0.746. The number of hydrogen-bond acceptors (Lipinski definition) is 4. The topological polar surface area (TPSA) is 78.1 Å². The van der Waals surface area contributed by atoms with Crippen LogP contribution >= 0.6 is 0 Å². The average Bonchev–Trinajstić information content (AvgIpc) is 2.70. The molecule has 72 valence electrons. The lowest BCUT2D eigenvalue weighted by Gasteiger charge is -2.11. The maximum absolute atomic E-state index is 5.98. The lowest BCUT2D eigenvalue weighted by atomic mass is 10.0. The van der Waals surface area contributed by atoms with Crippen LogP contribution < -0.4 is 11.5 Å². The predicted octanol–water partition coefficient (Wildman–Crippen LogP) is 1.30. The molecule has 0 saturated carbocycles. The van der Waals surface area contributed by atoms with Gasteiger partial charge < -0.3 is 15.9 Å². The molecule has 2 rings (SSSR count). The molecule has 1 atom stereocenters. The minimum Gasteiger partial charge on any atom is -0.472 e. The second-order valence-electron chi connectivity index (χ2n) is 3.04. The number of furan rings is 1. The van der Waals surface area contributed by atoms with Crippen LogP contribution in [0.1, 0.15) is 17.2 Å². The van der Waals surface area contributed by atoms with Crippen molar-refractivity contribution in [2.45, 2.75) is 6.04 Å². The fourth-order valence-electron chi connectivity index (χ4n) is 1.31. The number of pyridine rings is 1. The van der Waals surface area contributed by atoms with Crippen molar-refractivity contribution in [1.29, 1.82) is 0 Å². The molecular formula is C10H11N3O. The highest BCUT2D eigenvalue weighted by molar-refractivity contribution is 5.48. The Balaban J connectivity index is 2.37. The summed E-state index contributed by atoms with van der Waals surface area (Å²) in [5, 5.41) is 0. The number of rotatable bonds is 2. The highest BCUT2D eigenvalue weighted by Gasteiger charge is 2.12. The van der Waals surface area contributed by atoms with Gasteiger partial charge in [0.15, 0.2) is 0 Å². The second kappa shape index (κ2) is 3.51.